The lowest BCUT2D eigenvalue weighted by molar-refractivity contribution is 0.0623. The van der Waals surface area contributed by atoms with E-state index < -0.39 is 0 Å². The highest BCUT2D eigenvalue weighted by atomic mass is 16.5. The average Bonchev–Trinajstić information content (AvgIpc) is 3.16. The van der Waals surface area contributed by atoms with Crippen LogP contribution < -0.4 is 0 Å². The molecule has 128 valence electrons. The summed E-state index contributed by atoms with van der Waals surface area (Å²) in [7, 11) is 1.93. The second kappa shape index (κ2) is 7.05. The smallest absolute Gasteiger partial charge is 0.257 e. The van der Waals surface area contributed by atoms with Crippen LogP contribution in [0.4, 0.5) is 0 Å². The Morgan fingerprint density at radius 2 is 2.04 bits per heavy atom. The summed E-state index contributed by atoms with van der Waals surface area (Å²) >= 11 is 0. The first-order valence-corrected chi connectivity index (χ1v) is 8.69. The quantitative estimate of drug-likeness (QED) is 0.855. The number of aryl methyl sites for hydroxylation is 2. The van der Waals surface area contributed by atoms with Crippen molar-refractivity contribution in [1.29, 1.82) is 0 Å². The molecular weight excluding hydrogens is 292 g/mol. The third kappa shape index (κ3) is 3.78. The minimum atomic E-state index is 0.0852. The lowest BCUT2D eigenvalue weighted by atomic mass is 10.0. The van der Waals surface area contributed by atoms with E-state index in [2.05, 4.69) is 4.90 Å². The summed E-state index contributed by atoms with van der Waals surface area (Å²) < 4.78 is 11.0. The summed E-state index contributed by atoms with van der Waals surface area (Å²) in [4.78, 5) is 17.1. The van der Waals surface area contributed by atoms with Gasteiger partial charge >= 0.3 is 0 Å². The van der Waals surface area contributed by atoms with Crippen LogP contribution in [0.25, 0.3) is 0 Å². The molecular formula is C18H28N2O3. The number of likely N-dealkylation sites (tertiary alicyclic amines) is 1. The third-order valence-corrected chi connectivity index (χ3v) is 5.24. The van der Waals surface area contributed by atoms with E-state index in [1.807, 2.05) is 31.9 Å². The largest absolute Gasteiger partial charge is 0.466 e. The monoisotopic (exact) mass is 320 g/mol. The normalized spacial score (nSPS) is 23.3. The molecule has 0 radical (unpaired) electrons. The first-order chi connectivity index (χ1) is 11.0. The van der Waals surface area contributed by atoms with Gasteiger partial charge < -0.3 is 19.0 Å². The van der Waals surface area contributed by atoms with Crippen LogP contribution in [0.1, 0.15) is 41.1 Å². The number of nitrogens with zero attached hydrogens (tertiary/aromatic N) is 2. The molecule has 3 rings (SSSR count). The van der Waals surface area contributed by atoms with Crippen molar-refractivity contribution in [2.45, 2.75) is 39.2 Å². The Hall–Kier alpha value is -1.33. The average molecular weight is 320 g/mol. The van der Waals surface area contributed by atoms with Gasteiger partial charge in [-0.05, 0) is 45.1 Å². The molecule has 5 nitrogen and oxygen atoms in total. The van der Waals surface area contributed by atoms with Gasteiger partial charge in [-0.15, -0.1) is 0 Å². The molecule has 5 heteroatoms. The van der Waals surface area contributed by atoms with Crippen molar-refractivity contribution in [2.75, 3.05) is 39.9 Å². The fraction of sp³-hybridized carbons (Fsp3) is 0.722. The summed E-state index contributed by atoms with van der Waals surface area (Å²) in [5.41, 5.74) is 0.704. The van der Waals surface area contributed by atoms with Crippen LogP contribution in [0.3, 0.4) is 0 Å². The van der Waals surface area contributed by atoms with Crippen LogP contribution >= 0.6 is 0 Å². The topological polar surface area (TPSA) is 45.9 Å². The van der Waals surface area contributed by atoms with Crippen LogP contribution in [-0.4, -0.2) is 61.6 Å². The summed E-state index contributed by atoms with van der Waals surface area (Å²) in [6.45, 7) is 8.86. The first kappa shape index (κ1) is 16.5. The van der Waals surface area contributed by atoms with Crippen LogP contribution in [-0.2, 0) is 4.74 Å². The number of hydrogen-bond donors (Lipinski definition) is 0. The fourth-order valence-corrected chi connectivity index (χ4v) is 3.78. The zero-order valence-electron chi connectivity index (χ0n) is 14.5. The van der Waals surface area contributed by atoms with Crippen molar-refractivity contribution < 1.29 is 13.9 Å². The van der Waals surface area contributed by atoms with E-state index in [4.69, 9.17) is 9.15 Å². The van der Waals surface area contributed by atoms with Crippen molar-refractivity contribution in [2.24, 2.45) is 5.92 Å². The molecule has 0 bridgehead atoms. The molecule has 0 aromatic carbocycles. The molecule has 1 unspecified atom stereocenters. The van der Waals surface area contributed by atoms with Crippen LogP contribution in [0.2, 0.25) is 0 Å². The van der Waals surface area contributed by atoms with Crippen molar-refractivity contribution >= 4 is 5.91 Å². The zero-order chi connectivity index (χ0) is 16.4. The molecule has 1 atom stereocenters. The minimum absolute atomic E-state index is 0.0852. The maximum Gasteiger partial charge on any atom is 0.257 e. The van der Waals surface area contributed by atoms with Gasteiger partial charge in [-0.25, -0.2) is 0 Å². The number of furan rings is 1. The number of carbonyl (C=O) groups excluding carboxylic acids is 1. The van der Waals surface area contributed by atoms with E-state index in [1.54, 1.807) is 0 Å². The Balaban J connectivity index is 1.52. The molecule has 0 saturated carbocycles. The summed E-state index contributed by atoms with van der Waals surface area (Å²) in [5.74, 6) is 2.30. The molecule has 0 N–H and O–H groups in total. The number of rotatable bonds is 4. The van der Waals surface area contributed by atoms with Crippen molar-refractivity contribution in [3.8, 4) is 0 Å². The van der Waals surface area contributed by atoms with E-state index in [9.17, 15) is 4.79 Å². The number of carbonyl (C=O) groups is 1. The van der Waals surface area contributed by atoms with Gasteiger partial charge in [-0.1, -0.05) is 0 Å². The van der Waals surface area contributed by atoms with Gasteiger partial charge in [0.2, 0.25) is 0 Å². The van der Waals surface area contributed by atoms with Gasteiger partial charge in [0, 0.05) is 39.3 Å². The molecule has 2 aliphatic heterocycles. The standard InChI is InChI=1S/C18H28N2O3/c1-13-10-17(14(2)23-13)18(21)19(3)16-4-7-20(8-5-16)11-15-6-9-22-12-15/h10,15-16H,4-9,11-12H2,1-3H3. The van der Waals surface area contributed by atoms with Gasteiger partial charge in [0.25, 0.3) is 5.91 Å². The lowest BCUT2D eigenvalue weighted by Crippen LogP contribution is -2.46. The molecule has 1 aromatic rings. The Morgan fingerprint density at radius 3 is 2.61 bits per heavy atom. The molecule has 1 amide bonds. The SMILES string of the molecule is Cc1cc(C(=O)N(C)C2CCN(CC3CCOC3)CC2)c(C)o1. The van der Waals surface area contributed by atoms with E-state index in [0.717, 1.165) is 57.2 Å². The highest BCUT2D eigenvalue weighted by Gasteiger charge is 2.29. The summed E-state index contributed by atoms with van der Waals surface area (Å²) in [6.07, 6.45) is 3.29. The van der Waals surface area contributed by atoms with E-state index in [1.165, 1.54) is 6.42 Å². The maximum atomic E-state index is 12.7. The van der Waals surface area contributed by atoms with Gasteiger partial charge in [-0.2, -0.15) is 0 Å². The van der Waals surface area contributed by atoms with E-state index in [-0.39, 0.29) is 5.91 Å². The number of ether oxygens (including phenoxy) is 1. The molecule has 2 saturated heterocycles. The van der Waals surface area contributed by atoms with Gasteiger partial charge in [0.05, 0.1) is 12.2 Å². The predicted octanol–water partition coefficient (Wildman–Crippen LogP) is 2.47. The Morgan fingerprint density at radius 1 is 1.30 bits per heavy atom. The van der Waals surface area contributed by atoms with Crippen LogP contribution in [0.15, 0.2) is 10.5 Å². The van der Waals surface area contributed by atoms with Crippen molar-refractivity contribution in [3.63, 3.8) is 0 Å². The Bertz CT molecular complexity index is 540. The van der Waals surface area contributed by atoms with Gasteiger partial charge in [0.1, 0.15) is 11.5 Å². The minimum Gasteiger partial charge on any atom is -0.466 e. The first-order valence-electron chi connectivity index (χ1n) is 8.69. The van der Waals surface area contributed by atoms with Crippen LogP contribution in [0.5, 0.6) is 0 Å². The fourth-order valence-electron chi connectivity index (χ4n) is 3.78. The van der Waals surface area contributed by atoms with E-state index in [0.29, 0.717) is 17.5 Å². The molecule has 2 aliphatic rings. The second-order valence-electron chi connectivity index (χ2n) is 7.00. The predicted molar refractivity (Wildman–Crippen MR) is 88.7 cm³/mol. The Labute approximate surface area is 138 Å². The number of amides is 1. The summed E-state index contributed by atoms with van der Waals surface area (Å²) in [6, 6.07) is 2.18. The summed E-state index contributed by atoms with van der Waals surface area (Å²) in [5, 5.41) is 0. The molecule has 2 fully saturated rings. The van der Waals surface area contributed by atoms with Gasteiger partial charge in [-0.3, -0.25) is 4.79 Å². The third-order valence-electron chi connectivity index (χ3n) is 5.24. The number of piperidine rings is 1. The highest BCUT2D eigenvalue weighted by Crippen LogP contribution is 2.22. The second-order valence-corrected chi connectivity index (χ2v) is 7.00. The van der Waals surface area contributed by atoms with Crippen molar-refractivity contribution in [3.05, 3.63) is 23.2 Å². The zero-order valence-corrected chi connectivity index (χ0v) is 14.5. The highest BCUT2D eigenvalue weighted by molar-refractivity contribution is 5.95. The molecule has 0 spiro atoms. The molecule has 23 heavy (non-hydrogen) atoms. The maximum absolute atomic E-state index is 12.7. The lowest BCUT2D eigenvalue weighted by Gasteiger charge is -2.37. The Kier molecular flexibility index (Phi) is 5.07. The van der Waals surface area contributed by atoms with Crippen LogP contribution in [0, 0.1) is 19.8 Å². The molecule has 0 aliphatic carbocycles. The molecule has 3 heterocycles. The molecule has 1 aromatic heterocycles. The van der Waals surface area contributed by atoms with Crippen molar-refractivity contribution in [1.82, 2.24) is 9.80 Å². The van der Waals surface area contributed by atoms with Gasteiger partial charge in [0.15, 0.2) is 0 Å². The number of hydrogen-bond acceptors (Lipinski definition) is 4. The van der Waals surface area contributed by atoms with E-state index >= 15 is 0 Å².